The van der Waals surface area contributed by atoms with Gasteiger partial charge in [-0.3, -0.25) is 9.59 Å². The zero-order valence-corrected chi connectivity index (χ0v) is 13.7. The van der Waals surface area contributed by atoms with E-state index in [0.717, 1.165) is 11.3 Å². The summed E-state index contributed by atoms with van der Waals surface area (Å²) in [6, 6.07) is 12.5. The second kappa shape index (κ2) is 7.05. The summed E-state index contributed by atoms with van der Waals surface area (Å²) in [6.07, 6.45) is 1.24. The van der Waals surface area contributed by atoms with Gasteiger partial charge in [0.2, 0.25) is 0 Å². The molecule has 0 radical (unpaired) electrons. The number of ketones is 1. The Kier molecular flexibility index (Phi) is 5.12. The van der Waals surface area contributed by atoms with Crippen molar-refractivity contribution in [3.63, 3.8) is 0 Å². The van der Waals surface area contributed by atoms with Crippen molar-refractivity contribution in [3.05, 3.63) is 77.4 Å². The van der Waals surface area contributed by atoms with Gasteiger partial charge in [0.05, 0.1) is 0 Å². The monoisotopic (exact) mass is 307 g/mol. The van der Waals surface area contributed by atoms with E-state index in [9.17, 15) is 9.59 Å². The highest BCUT2D eigenvalue weighted by molar-refractivity contribution is 6.08. The van der Waals surface area contributed by atoms with E-state index >= 15 is 0 Å². The first-order valence-electron chi connectivity index (χ1n) is 7.61. The summed E-state index contributed by atoms with van der Waals surface area (Å²) in [4.78, 5) is 24.0. The Morgan fingerprint density at radius 3 is 2.39 bits per heavy atom. The molecule has 0 aliphatic carbocycles. The fourth-order valence-electron chi connectivity index (χ4n) is 2.54. The minimum absolute atomic E-state index is 0.197. The highest BCUT2D eigenvalue weighted by Gasteiger charge is 2.10. The Morgan fingerprint density at radius 2 is 1.78 bits per heavy atom. The van der Waals surface area contributed by atoms with E-state index in [1.165, 1.54) is 11.6 Å². The summed E-state index contributed by atoms with van der Waals surface area (Å²) < 4.78 is 0. The lowest BCUT2D eigenvalue weighted by Crippen LogP contribution is -2.13. The Bertz CT molecular complexity index is 760. The summed E-state index contributed by atoms with van der Waals surface area (Å²) in [6.45, 7) is 9.78. The van der Waals surface area contributed by atoms with Crippen molar-refractivity contribution in [2.75, 3.05) is 5.32 Å². The van der Waals surface area contributed by atoms with E-state index in [1.54, 1.807) is 24.3 Å². The van der Waals surface area contributed by atoms with Crippen molar-refractivity contribution in [3.8, 4) is 0 Å². The van der Waals surface area contributed by atoms with Crippen molar-refractivity contribution < 1.29 is 9.59 Å². The van der Waals surface area contributed by atoms with Crippen molar-refractivity contribution in [2.24, 2.45) is 0 Å². The molecule has 0 heterocycles. The lowest BCUT2D eigenvalue weighted by atomic mass is 9.97. The van der Waals surface area contributed by atoms with Crippen LogP contribution >= 0.6 is 0 Å². The number of anilines is 1. The number of benzene rings is 2. The van der Waals surface area contributed by atoms with Crippen molar-refractivity contribution in [1.82, 2.24) is 0 Å². The normalized spacial score (nSPS) is 10.4. The van der Waals surface area contributed by atoms with Gasteiger partial charge in [0.15, 0.2) is 5.78 Å². The van der Waals surface area contributed by atoms with E-state index in [-0.39, 0.29) is 11.7 Å². The zero-order valence-electron chi connectivity index (χ0n) is 13.7. The third-order valence-corrected chi connectivity index (χ3v) is 3.74. The number of hydrogen-bond acceptors (Lipinski definition) is 2. The minimum atomic E-state index is -0.236. The summed E-state index contributed by atoms with van der Waals surface area (Å²) in [5, 5.41) is 2.87. The van der Waals surface area contributed by atoms with E-state index in [1.807, 2.05) is 25.1 Å². The largest absolute Gasteiger partial charge is 0.322 e. The lowest BCUT2D eigenvalue weighted by Gasteiger charge is -2.12. The van der Waals surface area contributed by atoms with Crippen LogP contribution in [0.3, 0.4) is 0 Å². The summed E-state index contributed by atoms with van der Waals surface area (Å²) >= 11 is 0. The fourth-order valence-corrected chi connectivity index (χ4v) is 2.54. The topological polar surface area (TPSA) is 46.2 Å². The molecule has 0 fully saturated rings. The van der Waals surface area contributed by atoms with Gasteiger partial charge in [-0.05, 0) is 54.3 Å². The first-order chi connectivity index (χ1) is 10.9. The molecule has 3 heteroatoms. The van der Waals surface area contributed by atoms with E-state index in [2.05, 4.69) is 25.7 Å². The van der Waals surface area contributed by atoms with Crippen LogP contribution < -0.4 is 5.32 Å². The predicted octanol–water partition coefficient (Wildman–Crippen LogP) is 4.74. The number of nitrogens with one attached hydrogen (secondary N) is 1. The first-order valence-corrected chi connectivity index (χ1v) is 7.61. The van der Waals surface area contributed by atoms with Crippen LogP contribution in [0.4, 0.5) is 5.69 Å². The molecule has 118 valence electrons. The van der Waals surface area contributed by atoms with Gasteiger partial charge in [-0.15, -0.1) is 0 Å². The molecule has 0 aliphatic rings. The first kappa shape index (κ1) is 16.7. The van der Waals surface area contributed by atoms with Crippen LogP contribution in [0.2, 0.25) is 0 Å². The minimum Gasteiger partial charge on any atom is -0.322 e. The number of amides is 1. The predicted molar refractivity (Wildman–Crippen MR) is 94.2 cm³/mol. The smallest absolute Gasteiger partial charge is 0.255 e. The van der Waals surface area contributed by atoms with Crippen molar-refractivity contribution in [2.45, 2.75) is 26.7 Å². The van der Waals surface area contributed by atoms with Crippen LogP contribution in [0.15, 0.2) is 55.1 Å². The molecule has 2 aromatic carbocycles. The summed E-state index contributed by atoms with van der Waals surface area (Å²) in [7, 11) is 0. The second-order valence-corrected chi connectivity index (χ2v) is 5.83. The Hall–Kier alpha value is -2.68. The number of carbonyl (C=O) groups excluding carboxylic acids is 2. The summed E-state index contributed by atoms with van der Waals surface area (Å²) in [5.74, 6) is 0.0125. The van der Waals surface area contributed by atoms with Crippen LogP contribution in [-0.2, 0) is 0 Å². The average molecular weight is 307 g/mol. The molecule has 0 aliphatic heterocycles. The molecule has 2 aromatic rings. The van der Waals surface area contributed by atoms with Gasteiger partial charge in [0.25, 0.3) is 5.91 Å². The number of hydrogen-bond donors (Lipinski definition) is 1. The number of allylic oxidation sites excluding steroid dienone is 1. The standard InChI is InChI=1S/C20H21NO2/c1-5-19(22)15-7-6-8-16(12-15)20(23)21-17-9-10-18(13(2)3)14(4)11-17/h5-13H,1H2,2-4H3,(H,21,23). The van der Waals surface area contributed by atoms with Crippen molar-refractivity contribution >= 4 is 17.4 Å². The molecule has 0 atom stereocenters. The Labute approximate surface area is 137 Å². The van der Waals surface area contributed by atoms with Crippen LogP contribution in [0, 0.1) is 6.92 Å². The molecular weight excluding hydrogens is 286 g/mol. The van der Waals surface area contributed by atoms with E-state index < -0.39 is 0 Å². The molecule has 2 rings (SSSR count). The van der Waals surface area contributed by atoms with Gasteiger partial charge in [-0.25, -0.2) is 0 Å². The van der Waals surface area contributed by atoms with Crippen molar-refractivity contribution in [1.29, 1.82) is 0 Å². The molecular formula is C20H21NO2. The van der Waals surface area contributed by atoms with Gasteiger partial charge in [0.1, 0.15) is 0 Å². The fraction of sp³-hybridized carbons (Fsp3) is 0.200. The third-order valence-electron chi connectivity index (χ3n) is 3.74. The van der Waals surface area contributed by atoms with Crippen LogP contribution in [-0.4, -0.2) is 11.7 Å². The van der Waals surface area contributed by atoms with Gasteiger partial charge in [0, 0.05) is 16.8 Å². The molecule has 0 unspecified atom stereocenters. The number of rotatable bonds is 5. The van der Waals surface area contributed by atoms with Gasteiger partial charge < -0.3 is 5.32 Å². The quantitative estimate of drug-likeness (QED) is 0.640. The van der Waals surface area contributed by atoms with E-state index in [0.29, 0.717) is 17.0 Å². The molecule has 23 heavy (non-hydrogen) atoms. The molecule has 0 bridgehead atoms. The van der Waals surface area contributed by atoms with Gasteiger partial charge >= 0.3 is 0 Å². The van der Waals surface area contributed by atoms with Crippen LogP contribution in [0.5, 0.6) is 0 Å². The molecule has 0 spiro atoms. The van der Waals surface area contributed by atoms with E-state index in [4.69, 9.17) is 0 Å². The lowest BCUT2D eigenvalue weighted by molar-refractivity contribution is 0.102. The highest BCUT2D eigenvalue weighted by Crippen LogP contribution is 2.22. The maximum Gasteiger partial charge on any atom is 0.255 e. The average Bonchev–Trinajstić information content (AvgIpc) is 2.54. The Balaban J connectivity index is 2.21. The SMILES string of the molecule is C=CC(=O)c1cccc(C(=O)Nc2ccc(C(C)C)c(C)c2)c1. The molecule has 0 aromatic heterocycles. The second-order valence-electron chi connectivity index (χ2n) is 5.83. The Morgan fingerprint density at radius 1 is 1.09 bits per heavy atom. The van der Waals surface area contributed by atoms with Gasteiger partial charge in [-0.2, -0.15) is 0 Å². The maximum absolute atomic E-state index is 12.4. The van der Waals surface area contributed by atoms with Gasteiger partial charge in [-0.1, -0.05) is 38.6 Å². The molecule has 3 nitrogen and oxygen atoms in total. The molecule has 0 saturated carbocycles. The number of aryl methyl sites for hydroxylation is 1. The highest BCUT2D eigenvalue weighted by atomic mass is 16.1. The third kappa shape index (κ3) is 3.95. The van der Waals surface area contributed by atoms with Crippen LogP contribution in [0.1, 0.15) is 51.6 Å². The van der Waals surface area contributed by atoms with Crippen LogP contribution in [0.25, 0.3) is 0 Å². The molecule has 0 saturated heterocycles. The molecule has 1 amide bonds. The molecule has 1 N–H and O–H groups in total. The zero-order chi connectivity index (χ0) is 17.0. The number of carbonyl (C=O) groups is 2. The summed E-state index contributed by atoms with van der Waals surface area (Å²) in [5.41, 5.74) is 4.06. The maximum atomic E-state index is 12.4.